The minimum atomic E-state index is -3.80. The minimum Gasteiger partial charge on any atom is -0.481 e. The van der Waals surface area contributed by atoms with Gasteiger partial charge in [-0.25, -0.2) is 13.4 Å². The summed E-state index contributed by atoms with van der Waals surface area (Å²) in [5, 5.41) is 9.02. The number of halogens is 1. The van der Waals surface area contributed by atoms with Crippen LogP contribution in [0.1, 0.15) is 13.3 Å². The topological polar surface area (TPSA) is 87.6 Å². The molecule has 0 amide bonds. The zero-order valence-corrected chi connectivity index (χ0v) is 11.8. The molecular weight excluding hydrogens is 292 g/mol. The quantitative estimate of drug-likeness (QED) is 0.848. The Bertz CT molecular complexity index is 619. The average Bonchev–Trinajstić information content (AvgIpc) is 2.74. The maximum atomic E-state index is 12.4. The number of aliphatic carboxylic acids is 1. The maximum absolute atomic E-state index is 12.4. The van der Waals surface area contributed by atoms with Gasteiger partial charge in [0.15, 0.2) is 0 Å². The number of pyridine rings is 1. The van der Waals surface area contributed by atoms with Crippen LogP contribution in [-0.4, -0.2) is 41.9 Å². The zero-order chi connectivity index (χ0) is 14.3. The Kier molecular flexibility index (Phi) is 3.55. The molecule has 0 aliphatic carbocycles. The molecule has 0 spiro atoms. The second-order valence-corrected chi connectivity index (χ2v) is 7.01. The Hall–Kier alpha value is -1.18. The molecule has 1 aliphatic rings. The summed E-state index contributed by atoms with van der Waals surface area (Å²) < 4.78 is 25.9. The number of aromatic nitrogens is 1. The second-order valence-electron chi connectivity index (χ2n) is 4.75. The molecule has 1 N–H and O–H groups in total. The van der Waals surface area contributed by atoms with E-state index in [1.165, 1.54) is 25.3 Å². The smallest absolute Gasteiger partial charge is 0.310 e. The summed E-state index contributed by atoms with van der Waals surface area (Å²) >= 11 is 5.79. The van der Waals surface area contributed by atoms with Crippen LogP contribution in [0.3, 0.4) is 0 Å². The highest BCUT2D eigenvalue weighted by Gasteiger charge is 2.45. The molecule has 1 unspecified atom stereocenters. The van der Waals surface area contributed by atoms with E-state index in [1.807, 2.05) is 0 Å². The summed E-state index contributed by atoms with van der Waals surface area (Å²) in [4.78, 5) is 14.8. The van der Waals surface area contributed by atoms with Crippen molar-refractivity contribution in [3.05, 3.63) is 23.5 Å². The fourth-order valence-electron chi connectivity index (χ4n) is 2.00. The second kappa shape index (κ2) is 4.73. The molecule has 1 saturated heterocycles. The lowest BCUT2D eigenvalue weighted by molar-refractivity contribution is -0.146. The van der Waals surface area contributed by atoms with Crippen LogP contribution in [0.15, 0.2) is 23.2 Å². The molecule has 1 aromatic rings. The minimum absolute atomic E-state index is 0.0596. The summed E-state index contributed by atoms with van der Waals surface area (Å²) in [5.74, 6) is -0.998. The van der Waals surface area contributed by atoms with Gasteiger partial charge in [0.2, 0.25) is 10.0 Å². The first-order chi connectivity index (χ1) is 8.77. The van der Waals surface area contributed by atoms with Gasteiger partial charge in [0.1, 0.15) is 10.0 Å². The molecule has 19 heavy (non-hydrogen) atoms. The molecule has 1 aliphatic heterocycles. The SMILES string of the molecule is CC1(C(=O)O)CCN(S(=O)(=O)c2cccnc2Cl)C1. The van der Waals surface area contributed by atoms with Crippen LogP contribution in [-0.2, 0) is 14.8 Å². The largest absolute Gasteiger partial charge is 0.481 e. The predicted octanol–water partition coefficient (Wildman–Crippen LogP) is 1.22. The van der Waals surface area contributed by atoms with Crippen LogP contribution in [0.25, 0.3) is 0 Å². The summed E-state index contributed by atoms with van der Waals surface area (Å²) in [6.45, 7) is 1.64. The Morgan fingerprint density at radius 3 is 2.79 bits per heavy atom. The number of carboxylic acid groups (broad SMARTS) is 1. The van der Waals surface area contributed by atoms with Crippen molar-refractivity contribution in [2.24, 2.45) is 5.41 Å². The van der Waals surface area contributed by atoms with Gasteiger partial charge in [-0.3, -0.25) is 4.79 Å². The Morgan fingerprint density at radius 1 is 1.58 bits per heavy atom. The molecule has 2 heterocycles. The molecule has 6 nitrogen and oxygen atoms in total. The number of carboxylic acids is 1. The number of rotatable bonds is 3. The molecule has 0 aromatic carbocycles. The fraction of sp³-hybridized carbons (Fsp3) is 0.455. The lowest BCUT2D eigenvalue weighted by Gasteiger charge is -2.20. The molecule has 1 fully saturated rings. The van der Waals surface area contributed by atoms with E-state index in [1.54, 1.807) is 0 Å². The van der Waals surface area contributed by atoms with Crippen LogP contribution < -0.4 is 0 Å². The number of sulfonamides is 1. The van der Waals surface area contributed by atoms with E-state index >= 15 is 0 Å². The van der Waals surface area contributed by atoms with Gasteiger partial charge in [0, 0.05) is 19.3 Å². The standard InChI is InChI=1S/C11H13ClN2O4S/c1-11(10(15)16)4-6-14(7-11)19(17,18)8-3-2-5-13-9(8)12/h2-3,5H,4,6-7H2,1H3,(H,15,16). The molecule has 104 valence electrons. The first-order valence-corrected chi connectivity index (χ1v) is 7.43. The van der Waals surface area contributed by atoms with E-state index in [0.29, 0.717) is 0 Å². The highest BCUT2D eigenvalue weighted by Crippen LogP contribution is 2.34. The van der Waals surface area contributed by atoms with Crippen LogP contribution in [0.4, 0.5) is 0 Å². The van der Waals surface area contributed by atoms with Crippen LogP contribution in [0.5, 0.6) is 0 Å². The summed E-state index contributed by atoms with van der Waals surface area (Å²) in [5.41, 5.74) is -1.05. The number of hydrogen-bond acceptors (Lipinski definition) is 4. The van der Waals surface area contributed by atoms with Gasteiger partial charge in [0.05, 0.1) is 5.41 Å². The Balaban J connectivity index is 2.34. The highest BCUT2D eigenvalue weighted by molar-refractivity contribution is 7.89. The fourth-order valence-corrected chi connectivity index (χ4v) is 3.99. The zero-order valence-electron chi connectivity index (χ0n) is 10.2. The van der Waals surface area contributed by atoms with Gasteiger partial charge in [-0.15, -0.1) is 0 Å². The van der Waals surface area contributed by atoms with Crippen molar-refractivity contribution in [1.29, 1.82) is 0 Å². The molecule has 8 heteroatoms. The van der Waals surface area contributed by atoms with Gasteiger partial charge >= 0.3 is 5.97 Å². The van der Waals surface area contributed by atoms with Crippen molar-refractivity contribution in [3.63, 3.8) is 0 Å². The molecule has 1 atom stereocenters. The van der Waals surface area contributed by atoms with Crippen LogP contribution in [0.2, 0.25) is 5.15 Å². The number of carbonyl (C=O) groups is 1. The molecule has 0 bridgehead atoms. The molecule has 0 saturated carbocycles. The molecular formula is C11H13ClN2O4S. The third kappa shape index (κ3) is 2.45. The lowest BCUT2D eigenvalue weighted by atomic mass is 9.90. The van der Waals surface area contributed by atoms with E-state index < -0.39 is 21.4 Å². The van der Waals surface area contributed by atoms with Crippen molar-refractivity contribution >= 4 is 27.6 Å². The number of hydrogen-bond donors (Lipinski definition) is 1. The van der Waals surface area contributed by atoms with Crippen molar-refractivity contribution in [1.82, 2.24) is 9.29 Å². The van der Waals surface area contributed by atoms with Gasteiger partial charge < -0.3 is 5.11 Å². The average molecular weight is 305 g/mol. The van der Waals surface area contributed by atoms with E-state index in [4.69, 9.17) is 16.7 Å². The maximum Gasteiger partial charge on any atom is 0.310 e. The number of nitrogens with zero attached hydrogens (tertiary/aromatic N) is 2. The van der Waals surface area contributed by atoms with Crippen LogP contribution >= 0.6 is 11.6 Å². The first-order valence-electron chi connectivity index (χ1n) is 5.61. The van der Waals surface area contributed by atoms with Crippen molar-refractivity contribution < 1.29 is 18.3 Å². The van der Waals surface area contributed by atoms with Crippen molar-refractivity contribution in [3.8, 4) is 0 Å². The molecule has 2 rings (SSSR count). The van der Waals surface area contributed by atoms with Crippen LogP contribution in [0, 0.1) is 5.41 Å². The first kappa shape index (κ1) is 14.2. The molecule has 1 aromatic heterocycles. The summed E-state index contributed by atoms with van der Waals surface area (Å²) in [6, 6.07) is 2.84. The Labute approximate surface area is 116 Å². The third-order valence-electron chi connectivity index (χ3n) is 3.30. The van der Waals surface area contributed by atoms with E-state index in [2.05, 4.69) is 4.98 Å². The van der Waals surface area contributed by atoms with Gasteiger partial charge in [-0.2, -0.15) is 4.31 Å². The summed E-state index contributed by atoms with van der Waals surface area (Å²) in [7, 11) is -3.80. The normalized spacial score (nSPS) is 24.5. The monoisotopic (exact) mass is 304 g/mol. The summed E-state index contributed by atoms with van der Waals surface area (Å²) in [6.07, 6.45) is 1.67. The Morgan fingerprint density at radius 2 is 2.26 bits per heavy atom. The third-order valence-corrected chi connectivity index (χ3v) is 5.59. The van der Waals surface area contributed by atoms with Crippen molar-refractivity contribution in [2.45, 2.75) is 18.2 Å². The van der Waals surface area contributed by atoms with Gasteiger partial charge in [-0.1, -0.05) is 11.6 Å². The van der Waals surface area contributed by atoms with E-state index in [0.717, 1.165) is 4.31 Å². The van der Waals surface area contributed by atoms with Gasteiger partial charge in [0.25, 0.3) is 0 Å². The van der Waals surface area contributed by atoms with E-state index in [9.17, 15) is 13.2 Å². The highest BCUT2D eigenvalue weighted by atomic mass is 35.5. The van der Waals surface area contributed by atoms with Gasteiger partial charge in [-0.05, 0) is 25.5 Å². The van der Waals surface area contributed by atoms with Crippen molar-refractivity contribution in [2.75, 3.05) is 13.1 Å². The predicted molar refractivity (Wildman–Crippen MR) is 68.4 cm³/mol. The van der Waals surface area contributed by atoms with E-state index in [-0.39, 0.29) is 29.6 Å². The lowest BCUT2D eigenvalue weighted by Crippen LogP contribution is -2.35. The molecule has 0 radical (unpaired) electrons.